The van der Waals surface area contributed by atoms with E-state index in [4.69, 9.17) is 5.11 Å². The van der Waals surface area contributed by atoms with Crippen LogP contribution in [0.25, 0.3) is 0 Å². The van der Waals surface area contributed by atoms with Crippen molar-refractivity contribution in [2.45, 2.75) is 12.8 Å². The van der Waals surface area contributed by atoms with Crippen molar-refractivity contribution in [3.05, 3.63) is 29.6 Å². The van der Waals surface area contributed by atoms with Gasteiger partial charge in [-0.2, -0.15) is 0 Å². The number of likely N-dealkylation sites (tertiary alicyclic amines) is 1. The lowest BCUT2D eigenvalue weighted by Crippen LogP contribution is -2.44. The van der Waals surface area contributed by atoms with Crippen LogP contribution in [0.2, 0.25) is 0 Å². The first-order chi connectivity index (χ1) is 9.90. The number of hydrogen-bond acceptors (Lipinski definition) is 2. The molecule has 0 aromatic heterocycles. The zero-order valence-corrected chi connectivity index (χ0v) is 10.9. The molecule has 5 nitrogen and oxygen atoms in total. The summed E-state index contributed by atoms with van der Waals surface area (Å²) in [7, 11) is 0. The summed E-state index contributed by atoms with van der Waals surface area (Å²) in [5, 5.41) is 11.0. The van der Waals surface area contributed by atoms with Crippen LogP contribution >= 0.6 is 0 Å². The Bertz CT molecular complexity index is 580. The van der Waals surface area contributed by atoms with Crippen molar-refractivity contribution in [2.24, 2.45) is 5.92 Å². The molecule has 0 saturated carbocycles. The third-order valence-electron chi connectivity index (χ3n) is 3.33. The van der Waals surface area contributed by atoms with Crippen LogP contribution in [0.3, 0.4) is 0 Å². The van der Waals surface area contributed by atoms with Crippen LogP contribution in [-0.4, -0.2) is 35.1 Å². The smallest absolute Gasteiger partial charge is 0.321 e. The molecule has 8 heteroatoms. The zero-order valence-electron chi connectivity index (χ0n) is 10.9. The number of carboxylic acid groups (broad SMARTS) is 1. The number of aliphatic carboxylic acids is 1. The summed E-state index contributed by atoms with van der Waals surface area (Å²) in [6.45, 7) is 0.313. The third kappa shape index (κ3) is 3.26. The van der Waals surface area contributed by atoms with E-state index in [1.165, 1.54) is 4.90 Å². The van der Waals surface area contributed by atoms with Gasteiger partial charge in [-0.15, -0.1) is 0 Å². The Kier molecular flexibility index (Phi) is 4.35. The number of carbonyl (C=O) groups is 2. The number of benzene rings is 1. The number of amides is 2. The second-order valence-electron chi connectivity index (χ2n) is 4.78. The van der Waals surface area contributed by atoms with E-state index in [-0.39, 0.29) is 6.54 Å². The zero-order chi connectivity index (χ0) is 15.6. The maximum Gasteiger partial charge on any atom is 0.321 e. The Labute approximate surface area is 118 Å². The second-order valence-corrected chi connectivity index (χ2v) is 4.78. The molecule has 2 N–H and O–H groups in total. The van der Waals surface area contributed by atoms with Crippen LogP contribution in [0, 0.1) is 23.4 Å². The van der Waals surface area contributed by atoms with E-state index in [9.17, 15) is 22.8 Å². The van der Waals surface area contributed by atoms with Crippen LogP contribution in [0.5, 0.6) is 0 Å². The Morgan fingerprint density at radius 2 is 1.95 bits per heavy atom. The molecular formula is C13H13F3N2O3. The average Bonchev–Trinajstić information content (AvgIpc) is 2.48. The second kappa shape index (κ2) is 6.02. The number of anilines is 1. The molecule has 1 aromatic carbocycles. The molecule has 1 aliphatic heterocycles. The standard InChI is InChI=1S/C13H13F3N2O3/c14-8-3-4-9(11(16)10(8)15)17-13(21)18-5-1-2-7(6-18)12(19)20/h3-4,7H,1-2,5-6H2,(H,17,21)(H,19,20)/t7-/m0/s1. The summed E-state index contributed by atoms with van der Waals surface area (Å²) in [5.74, 6) is -6.20. The number of carbonyl (C=O) groups excluding carboxylic acids is 1. The highest BCUT2D eigenvalue weighted by Gasteiger charge is 2.28. The van der Waals surface area contributed by atoms with Gasteiger partial charge in [0.15, 0.2) is 17.5 Å². The normalized spacial score (nSPS) is 18.4. The van der Waals surface area contributed by atoms with Crippen molar-refractivity contribution >= 4 is 17.7 Å². The van der Waals surface area contributed by atoms with E-state index < -0.39 is 41.1 Å². The van der Waals surface area contributed by atoms with Crippen molar-refractivity contribution in [3.8, 4) is 0 Å². The van der Waals surface area contributed by atoms with E-state index >= 15 is 0 Å². The van der Waals surface area contributed by atoms with Gasteiger partial charge >= 0.3 is 12.0 Å². The summed E-state index contributed by atoms with van der Waals surface area (Å²) in [4.78, 5) is 24.0. The van der Waals surface area contributed by atoms with Gasteiger partial charge in [0.25, 0.3) is 0 Å². The fourth-order valence-electron chi connectivity index (χ4n) is 2.18. The van der Waals surface area contributed by atoms with Gasteiger partial charge in [0.05, 0.1) is 11.6 Å². The molecule has 1 aliphatic rings. The van der Waals surface area contributed by atoms with Crippen molar-refractivity contribution < 1.29 is 27.9 Å². The fourth-order valence-corrected chi connectivity index (χ4v) is 2.18. The van der Waals surface area contributed by atoms with Gasteiger partial charge in [0.1, 0.15) is 0 Å². The topological polar surface area (TPSA) is 69.6 Å². The summed E-state index contributed by atoms with van der Waals surface area (Å²) < 4.78 is 39.3. The number of nitrogens with one attached hydrogen (secondary N) is 1. The molecule has 1 aromatic rings. The Balaban J connectivity index is 2.08. The molecule has 0 bridgehead atoms. The van der Waals surface area contributed by atoms with E-state index in [0.29, 0.717) is 25.5 Å². The van der Waals surface area contributed by atoms with Crippen LogP contribution in [0.1, 0.15) is 12.8 Å². The molecule has 1 atom stereocenters. The minimum Gasteiger partial charge on any atom is -0.481 e. The highest BCUT2D eigenvalue weighted by molar-refractivity contribution is 5.90. The van der Waals surface area contributed by atoms with Crippen LogP contribution < -0.4 is 5.32 Å². The Morgan fingerprint density at radius 3 is 2.62 bits per heavy atom. The molecule has 0 aliphatic carbocycles. The quantitative estimate of drug-likeness (QED) is 0.824. The maximum absolute atomic E-state index is 13.5. The summed E-state index contributed by atoms with van der Waals surface area (Å²) in [6.07, 6.45) is 0.962. The molecule has 0 unspecified atom stereocenters. The van der Waals surface area contributed by atoms with Crippen molar-refractivity contribution in [1.29, 1.82) is 0 Å². The van der Waals surface area contributed by atoms with Gasteiger partial charge in [0.2, 0.25) is 0 Å². The summed E-state index contributed by atoms with van der Waals surface area (Å²) in [6, 6.07) is 0.861. The molecule has 114 valence electrons. The van der Waals surface area contributed by atoms with Gasteiger partial charge in [-0.05, 0) is 25.0 Å². The van der Waals surface area contributed by atoms with Crippen LogP contribution in [0.15, 0.2) is 12.1 Å². The van der Waals surface area contributed by atoms with Crippen LogP contribution in [-0.2, 0) is 4.79 Å². The molecule has 0 spiro atoms. The summed E-state index contributed by atoms with van der Waals surface area (Å²) >= 11 is 0. The molecular weight excluding hydrogens is 289 g/mol. The number of hydrogen-bond donors (Lipinski definition) is 2. The number of carboxylic acids is 1. The van der Waals surface area contributed by atoms with Gasteiger partial charge in [0, 0.05) is 13.1 Å². The first-order valence-corrected chi connectivity index (χ1v) is 6.32. The molecule has 0 radical (unpaired) electrons. The predicted molar refractivity (Wildman–Crippen MR) is 67.3 cm³/mol. The fraction of sp³-hybridized carbons (Fsp3) is 0.385. The number of halogens is 3. The molecule has 1 fully saturated rings. The molecule has 2 rings (SSSR count). The van der Waals surface area contributed by atoms with E-state index in [0.717, 1.165) is 6.07 Å². The van der Waals surface area contributed by atoms with Crippen molar-refractivity contribution in [3.63, 3.8) is 0 Å². The summed E-state index contributed by atoms with van der Waals surface area (Å²) in [5.41, 5.74) is -0.489. The maximum atomic E-state index is 13.5. The van der Waals surface area contributed by atoms with E-state index in [1.54, 1.807) is 0 Å². The number of urea groups is 1. The first kappa shape index (κ1) is 15.1. The van der Waals surface area contributed by atoms with Crippen molar-refractivity contribution in [2.75, 3.05) is 18.4 Å². The predicted octanol–water partition coefficient (Wildman–Crippen LogP) is 2.43. The van der Waals surface area contributed by atoms with Gasteiger partial charge in [-0.25, -0.2) is 18.0 Å². The third-order valence-corrected chi connectivity index (χ3v) is 3.33. The minimum atomic E-state index is -1.67. The Morgan fingerprint density at radius 1 is 1.24 bits per heavy atom. The van der Waals surface area contributed by atoms with Gasteiger partial charge in [-0.1, -0.05) is 0 Å². The van der Waals surface area contributed by atoms with Crippen molar-refractivity contribution in [1.82, 2.24) is 4.90 Å². The Hall–Kier alpha value is -2.25. The lowest BCUT2D eigenvalue weighted by Gasteiger charge is -2.30. The van der Waals surface area contributed by atoms with E-state index in [2.05, 4.69) is 5.32 Å². The molecule has 2 amide bonds. The van der Waals surface area contributed by atoms with Gasteiger partial charge < -0.3 is 15.3 Å². The van der Waals surface area contributed by atoms with Gasteiger partial charge in [-0.3, -0.25) is 4.79 Å². The number of rotatable bonds is 2. The first-order valence-electron chi connectivity index (χ1n) is 6.32. The lowest BCUT2D eigenvalue weighted by molar-refractivity contribution is -0.143. The minimum absolute atomic E-state index is 0.00748. The highest BCUT2D eigenvalue weighted by atomic mass is 19.2. The molecule has 21 heavy (non-hydrogen) atoms. The number of piperidine rings is 1. The lowest BCUT2D eigenvalue weighted by atomic mass is 9.99. The SMILES string of the molecule is O=C(O)[C@H]1CCCN(C(=O)Nc2ccc(F)c(F)c2F)C1. The average molecular weight is 302 g/mol. The monoisotopic (exact) mass is 302 g/mol. The van der Waals surface area contributed by atoms with Crippen LogP contribution in [0.4, 0.5) is 23.7 Å². The largest absolute Gasteiger partial charge is 0.481 e. The highest BCUT2D eigenvalue weighted by Crippen LogP contribution is 2.22. The molecule has 1 heterocycles. The molecule has 1 saturated heterocycles. The number of nitrogens with zero attached hydrogens (tertiary/aromatic N) is 1. The van der Waals surface area contributed by atoms with E-state index in [1.807, 2.05) is 0 Å².